The molecule has 0 aliphatic heterocycles. The van der Waals surface area contributed by atoms with Crippen molar-refractivity contribution in [2.75, 3.05) is 13.7 Å². The molecular weight excluding hydrogens is 316 g/mol. The number of rotatable bonds is 7. The quantitative estimate of drug-likeness (QED) is 0.776. The van der Waals surface area contributed by atoms with Gasteiger partial charge >= 0.3 is 0 Å². The number of methoxy groups -OCH3 is 1. The van der Waals surface area contributed by atoms with Crippen molar-refractivity contribution in [2.45, 2.75) is 26.5 Å². The Labute approximate surface area is 148 Å². The molecule has 5 nitrogen and oxygen atoms in total. The Kier molecular flexibility index (Phi) is 6.41. The molecule has 0 bridgehead atoms. The molecule has 5 heteroatoms. The lowest BCUT2D eigenvalue weighted by molar-refractivity contribution is -0.138. The maximum atomic E-state index is 12.7. The van der Waals surface area contributed by atoms with Crippen LogP contribution in [-0.2, 0) is 11.3 Å². The van der Waals surface area contributed by atoms with Gasteiger partial charge in [0, 0.05) is 13.1 Å². The maximum absolute atomic E-state index is 12.7. The Morgan fingerprint density at radius 1 is 1.12 bits per heavy atom. The van der Waals surface area contributed by atoms with E-state index >= 15 is 0 Å². The average molecular weight is 338 g/mol. The van der Waals surface area contributed by atoms with Gasteiger partial charge in [0.25, 0.3) is 5.91 Å². The molecule has 0 spiro atoms. The predicted octanol–water partition coefficient (Wildman–Crippen LogP) is 3.38. The summed E-state index contributed by atoms with van der Waals surface area (Å²) in [5.41, 5.74) is 1.59. The molecule has 1 atom stereocenters. The first kappa shape index (κ1) is 18.3. The number of nitrogens with zero attached hydrogens (tertiary/aromatic N) is 2. The lowest BCUT2D eigenvalue weighted by atomic mass is 10.2. The summed E-state index contributed by atoms with van der Waals surface area (Å²) in [5, 5.41) is 8.82. The van der Waals surface area contributed by atoms with Crippen molar-refractivity contribution in [3.8, 4) is 17.6 Å². The second kappa shape index (κ2) is 8.74. The molecule has 130 valence electrons. The van der Waals surface area contributed by atoms with Crippen LogP contribution in [-0.4, -0.2) is 30.6 Å². The summed E-state index contributed by atoms with van der Waals surface area (Å²) in [4.78, 5) is 14.4. The third kappa shape index (κ3) is 4.98. The molecule has 0 aromatic heterocycles. The van der Waals surface area contributed by atoms with E-state index in [-0.39, 0.29) is 5.91 Å². The number of likely N-dealkylation sites (N-methyl/N-ethyl adjacent to an activating group) is 1. The second-order valence-electron chi connectivity index (χ2n) is 5.60. The number of carbonyl (C=O) groups excluding carboxylic acids is 1. The monoisotopic (exact) mass is 338 g/mol. The van der Waals surface area contributed by atoms with E-state index in [1.807, 2.05) is 31.2 Å². The van der Waals surface area contributed by atoms with Crippen molar-refractivity contribution < 1.29 is 14.3 Å². The molecule has 0 aliphatic rings. The minimum Gasteiger partial charge on any atom is -0.497 e. The van der Waals surface area contributed by atoms with Crippen LogP contribution >= 0.6 is 0 Å². The number of hydrogen-bond acceptors (Lipinski definition) is 4. The minimum absolute atomic E-state index is 0.0809. The summed E-state index contributed by atoms with van der Waals surface area (Å²) in [6.45, 7) is 4.78. The lowest BCUT2D eigenvalue weighted by Gasteiger charge is -2.25. The van der Waals surface area contributed by atoms with Gasteiger partial charge in [-0.2, -0.15) is 5.26 Å². The fraction of sp³-hybridized carbons (Fsp3) is 0.300. The average Bonchev–Trinajstić information content (AvgIpc) is 2.66. The maximum Gasteiger partial charge on any atom is 0.263 e. The zero-order valence-electron chi connectivity index (χ0n) is 14.7. The summed E-state index contributed by atoms with van der Waals surface area (Å²) < 4.78 is 10.9. The summed E-state index contributed by atoms with van der Waals surface area (Å²) in [7, 11) is 1.62. The van der Waals surface area contributed by atoms with Gasteiger partial charge in [-0.25, -0.2) is 0 Å². The molecular formula is C20H22N2O3. The van der Waals surface area contributed by atoms with E-state index in [9.17, 15) is 4.79 Å². The zero-order chi connectivity index (χ0) is 18.2. The van der Waals surface area contributed by atoms with Gasteiger partial charge in [0.15, 0.2) is 6.10 Å². The topological polar surface area (TPSA) is 62.6 Å². The highest BCUT2D eigenvalue weighted by atomic mass is 16.5. The summed E-state index contributed by atoms with van der Waals surface area (Å²) in [6.07, 6.45) is -0.605. The van der Waals surface area contributed by atoms with Crippen LogP contribution in [0.15, 0.2) is 48.5 Å². The van der Waals surface area contributed by atoms with Gasteiger partial charge in [0.05, 0.1) is 18.7 Å². The van der Waals surface area contributed by atoms with Crippen LogP contribution in [0.1, 0.15) is 25.0 Å². The van der Waals surface area contributed by atoms with Crippen molar-refractivity contribution >= 4 is 5.91 Å². The predicted molar refractivity (Wildman–Crippen MR) is 95.3 cm³/mol. The first-order valence-corrected chi connectivity index (χ1v) is 8.16. The number of amides is 1. The Balaban J connectivity index is 2.00. The van der Waals surface area contributed by atoms with Gasteiger partial charge in [-0.3, -0.25) is 4.79 Å². The Morgan fingerprint density at radius 3 is 2.24 bits per heavy atom. The van der Waals surface area contributed by atoms with Crippen LogP contribution in [0.4, 0.5) is 0 Å². The van der Waals surface area contributed by atoms with Crippen molar-refractivity contribution in [2.24, 2.45) is 0 Å². The van der Waals surface area contributed by atoms with Crippen LogP contribution in [0, 0.1) is 11.3 Å². The van der Waals surface area contributed by atoms with Crippen LogP contribution in [0.25, 0.3) is 0 Å². The van der Waals surface area contributed by atoms with Crippen molar-refractivity contribution in [1.82, 2.24) is 4.90 Å². The van der Waals surface area contributed by atoms with Crippen LogP contribution in [0.2, 0.25) is 0 Å². The van der Waals surface area contributed by atoms with Crippen molar-refractivity contribution in [3.05, 3.63) is 59.7 Å². The third-order valence-electron chi connectivity index (χ3n) is 3.87. The second-order valence-corrected chi connectivity index (χ2v) is 5.60. The number of benzene rings is 2. The molecule has 0 aliphatic carbocycles. The van der Waals surface area contributed by atoms with E-state index in [1.54, 1.807) is 43.2 Å². The molecule has 2 aromatic carbocycles. The zero-order valence-corrected chi connectivity index (χ0v) is 14.7. The van der Waals surface area contributed by atoms with Gasteiger partial charge in [-0.15, -0.1) is 0 Å². The highest BCUT2D eigenvalue weighted by Crippen LogP contribution is 2.16. The standard InChI is InChI=1S/C20H22N2O3/c1-4-22(14-17-7-9-18(24-3)10-8-17)20(23)15(2)25-19-11-5-16(13-21)6-12-19/h5-12,15H,4,14H2,1-3H3. The SMILES string of the molecule is CCN(Cc1ccc(OC)cc1)C(=O)C(C)Oc1ccc(C#N)cc1. The number of nitriles is 1. The highest BCUT2D eigenvalue weighted by Gasteiger charge is 2.21. The van der Waals surface area contributed by atoms with Gasteiger partial charge in [0.1, 0.15) is 11.5 Å². The Morgan fingerprint density at radius 2 is 1.72 bits per heavy atom. The van der Waals surface area contributed by atoms with Crippen molar-refractivity contribution in [3.63, 3.8) is 0 Å². The molecule has 0 fully saturated rings. The normalized spacial score (nSPS) is 11.3. The van der Waals surface area contributed by atoms with E-state index in [1.165, 1.54) is 0 Å². The fourth-order valence-electron chi connectivity index (χ4n) is 2.42. The number of ether oxygens (including phenoxy) is 2. The summed E-state index contributed by atoms with van der Waals surface area (Å²) in [6, 6.07) is 16.4. The van der Waals surface area contributed by atoms with Gasteiger partial charge in [-0.1, -0.05) is 12.1 Å². The fourth-order valence-corrected chi connectivity index (χ4v) is 2.42. The van der Waals surface area contributed by atoms with E-state index in [4.69, 9.17) is 14.7 Å². The van der Waals surface area contributed by atoms with E-state index < -0.39 is 6.10 Å². The molecule has 1 amide bonds. The molecule has 2 aromatic rings. The minimum atomic E-state index is -0.605. The molecule has 0 radical (unpaired) electrons. The van der Waals surface area contributed by atoms with E-state index in [0.29, 0.717) is 24.4 Å². The first-order valence-electron chi connectivity index (χ1n) is 8.16. The number of carbonyl (C=O) groups is 1. The molecule has 2 rings (SSSR count). The first-order chi connectivity index (χ1) is 12.1. The summed E-state index contributed by atoms with van der Waals surface area (Å²) >= 11 is 0. The third-order valence-corrected chi connectivity index (χ3v) is 3.87. The summed E-state index contributed by atoms with van der Waals surface area (Å²) in [5.74, 6) is 1.28. The van der Waals surface area contributed by atoms with Crippen LogP contribution < -0.4 is 9.47 Å². The number of hydrogen-bond donors (Lipinski definition) is 0. The largest absolute Gasteiger partial charge is 0.497 e. The van der Waals surface area contributed by atoms with Crippen LogP contribution in [0.3, 0.4) is 0 Å². The smallest absolute Gasteiger partial charge is 0.263 e. The Hall–Kier alpha value is -3.00. The Bertz CT molecular complexity index is 733. The van der Waals surface area contributed by atoms with Crippen molar-refractivity contribution in [1.29, 1.82) is 5.26 Å². The molecule has 25 heavy (non-hydrogen) atoms. The molecule has 0 N–H and O–H groups in total. The van der Waals surface area contributed by atoms with E-state index in [0.717, 1.165) is 11.3 Å². The van der Waals surface area contributed by atoms with Gasteiger partial charge < -0.3 is 14.4 Å². The molecule has 0 saturated carbocycles. The lowest BCUT2D eigenvalue weighted by Crippen LogP contribution is -2.39. The van der Waals surface area contributed by atoms with Gasteiger partial charge in [0.2, 0.25) is 0 Å². The van der Waals surface area contributed by atoms with E-state index in [2.05, 4.69) is 6.07 Å². The highest BCUT2D eigenvalue weighted by molar-refractivity contribution is 5.80. The molecule has 0 heterocycles. The van der Waals surface area contributed by atoms with Gasteiger partial charge in [-0.05, 0) is 55.8 Å². The molecule has 0 saturated heterocycles. The van der Waals surface area contributed by atoms with Crippen LogP contribution in [0.5, 0.6) is 11.5 Å². The molecule has 1 unspecified atom stereocenters.